The van der Waals surface area contributed by atoms with Crippen molar-refractivity contribution < 1.29 is 5.11 Å². The highest BCUT2D eigenvalue weighted by molar-refractivity contribution is 5.29. The van der Waals surface area contributed by atoms with E-state index in [4.69, 9.17) is 0 Å². The van der Waals surface area contributed by atoms with Crippen molar-refractivity contribution in [3.8, 4) is 5.75 Å². The van der Waals surface area contributed by atoms with Crippen LogP contribution in [0, 0.1) is 0 Å². The maximum Gasteiger partial charge on any atom is 0.115 e. The lowest BCUT2D eigenvalue weighted by Gasteiger charge is -2.32. The number of aromatic hydroxyl groups is 1. The average molecular weight is 234 g/mol. The molecule has 3 nitrogen and oxygen atoms in total. The Labute approximate surface area is 103 Å². The molecule has 1 aliphatic heterocycles. The number of hydrogen-bond acceptors (Lipinski definition) is 3. The number of phenols is 1. The van der Waals surface area contributed by atoms with E-state index in [1.54, 1.807) is 6.07 Å². The van der Waals surface area contributed by atoms with Crippen molar-refractivity contribution in [3.63, 3.8) is 0 Å². The van der Waals surface area contributed by atoms with Crippen LogP contribution in [0.5, 0.6) is 5.75 Å². The largest absolute Gasteiger partial charge is 0.508 e. The predicted molar refractivity (Wildman–Crippen MR) is 70.2 cm³/mol. The molecule has 2 N–H and O–H groups in total. The molecule has 1 aromatic rings. The molecule has 2 atom stereocenters. The minimum Gasteiger partial charge on any atom is -0.508 e. The van der Waals surface area contributed by atoms with E-state index in [1.165, 1.54) is 19.4 Å². The van der Waals surface area contributed by atoms with Crippen LogP contribution in [0.25, 0.3) is 0 Å². The molecule has 2 unspecified atom stereocenters. The Kier molecular flexibility index (Phi) is 4.02. The first-order chi connectivity index (χ1) is 8.15. The van der Waals surface area contributed by atoms with Crippen LogP contribution in [-0.4, -0.2) is 36.2 Å². The Balaban J connectivity index is 1.94. The van der Waals surface area contributed by atoms with Crippen LogP contribution in [0.3, 0.4) is 0 Å². The maximum absolute atomic E-state index is 9.47. The van der Waals surface area contributed by atoms with Crippen LogP contribution < -0.4 is 5.32 Å². The summed E-state index contributed by atoms with van der Waals surface area (Å²) in [7, 11) is 2.17. The third kappa shape index (κ3) is 3.45. The number of rotatable bonds is 3. The zero-order valence-electron chi connectivity index (χ0n) is 10.7. The molecule has 0 spiro atoms. The minimum absolute atomic E-state index is 0.290. The quantitative estimate of drug-likeness (QED) is 0.841. The molecular formula is C14H22N2O. The van der Waals surface area contributed by atoms with E-state index in [9.17, 15) is 5.11 Å². The average Bonchev–Trinajstić information content (AvgIpc) is 2.29. The second-order valence-electron chi connectivity index (χ2n) is 5.08. The van der Waals surface area contributed by atoms with Crippen LogP contribution in [0.4, 0.5) is 0 Å². The molecule has 0 aliphatic carbocycles. The number of nitrogens with one attached hydrogen (secondary N) is 1. The van der Waals surface area contributed by atoms with Gasteiger partial charge in [-0.25, -0.2) is 0 Å². The summed E-state index contributed by atoms with van der Waals surface area (Å²) in [4.78, 5) is 2.37. The van der Waals surface area contributed by atoms with Crippen molar-refractivity contribution in [1.29, 1.82) is 0 Å². The Morgan fingerprint density at radius 2 is 2.29 bits per heavy atom. The molecule has 1 aliphatic rings. The number of phenolic OH excluding ortho intramolecular Hbond substituents is 1. The van der Waals surface area contributed by atoms with Crippen molar-refractivity contribution in [2.45, 2.75) is 31.8 Å². The van der Waals surface area contributed by atoms with Crippen molar-refractivity contribution in [3.05, 3.63) is 29.8 Å². The summed E-state index contributed by atoms with van der Waals surface area (Å²) in [6.45, 7) is 4.48. The summed E-state index contributed by atoms with van der Waals surface area (Å²) in [5.74, 6) is 0.344. The third-order valence-electron chi connectivity index (χ3n) is 3.48. The normalized spacial score (nSPS) is 23.5. The van der Waals surface area contributed by atoms with Crippen molar-refractivity contribution in [2.24, 2.45) is 0 Å². The Morgan fingerprint density at radius 3 is 3.00 bits per heavy atom. The molecule has 94 valence electrons. The van der Waals surface area contributed by atoms with E-state index in [1.807, 2.05) is 12.1 Å². The van der Waals surface area contributed by atoms with Gasteiger partial charge in [-0.05, 0) is 51.1 Å². The molecule has 0 radical (unpaired) electrons. The van der Waals surface area contributed by atoms with Gasteiger partial charge in [-0.2, -0.15) is 0 Å². The van der Waals surface area contributed by atoms with Crippen molar-refractivity contribution in [2.75, 3.05) is 20.1 Å². The standard InChI is InChI=1S/C14H22N2O/c1-11(12-5-3-7-14(17)9-12)15-13-6-4-8-16(2)10-13/h3,5,7,9,11,13,15,17H,4,6,8,10H2,1-2H3. The topological polar surface area (TPSA) is 35.5 Å². The molecule has 1 aromatic carbocycles. The number of piperidine rings is 1. The smallest absolute Gasteiger partial charge is 0.115 e. The summed E-state index contributed by atoms with van der Waals surface area (Å²) in [5, 5.41) is 13.1. The van der Waals surface area contributed by atoms with E-state index < -0.39 is 0 Å². The summed E-state index contributed by atoms with van der Waals surface area (Å²) in [5.41, 5.74) is 1.15. The van der Waals surface area contributed by atoms with Gasteiger partial charge in [0.05, 0.1) is 0 Å². The van der Waals surface area contributed by atoms with E-state index >= 15 is 0 Å². The van der Waals surface area contributed by atoms with E-state index in [0.717, 1.165) is 12.1 Å². The lowest BCUT2D eigenvalue weighted by molar-refractivity contribution is 0.218. The molecule has 1 fully saturated rings. The molecular weight excluding hydrogens is 212 g/mol. The van der Waals surface area contributed by atoms with Gasteiger partial charge < -0.3 is 15.3 Å². The van der Waals surface area contributed by atoms with Crippen molar-refractivity contribution in [1.82, 2.24) is 10.2 Å². The highest BCUT2D eigenvalue weighted by Crippen LogP contribution is 2.19. The van der Waals surface area contributed by atoms with Gasteiger partial charge >= 0.3 is 0 Å². The highest BCUT2D eigenvalue weighted by Gasteiger charge is 2.19. The summed E-state index contributed by atoms with van der Waals surface area (Å²) in [6.07, 6.45) is 2.51. The molecule has 2 rings (SSSR count). The number of benzene rings is 1. The van der Waals surface area contributed by atoms with Crippen molar-refractivity contribution >= 4 is 0 Å². The molecule has 1 heterocycles. The number of likely N-dealkylation sites (N-methyl/N-ethyl adjacent to an activating group) is 1. The van der Waals surface area contributed by atoms with Gasteiger partial charge in [-0.3, -0.25) is 0 Å². The fraction of sp³-hybridized carbons (Fsp3) is 0.571. The zero-order chi connectivity index (χ0) is 12.3. The third-order valence-corrected chi connectivity index (χ3v) is 3.48. The highest BCUT2D eigenvalue weighted by atomic mass is 16.3. The van der Waals surface area contributed by atoms with Gasteiger partial charge in [0.15, 0.2) is 0 Å². The van der Waals surface area contributed by atoms with E-state index in [-0.39, 0.29) is 0 Å². The van der Waals surface area contributed by atoms with Gasteiger partial charge in [-0.15, -0.1) is 0 Å². The SMILES string of the molecule is CC(NC1CCCN(C)C1)c1cccc(O)c1. The number of nitrogens with zero attached hydrogens (tertiary/aromatic N) is 1. The molecule has 0 saturated carbocycles. The van der Waals surface area contributed by atoms with Gasteiger partial charge in [0.25, 0.3) is 0 Å². The maximum atomic E-state index is 9.47. The van der Waals surface area contributed by atoms with E-state index in [0.29, 0.717) is 17.8 Å². The van der Waals surface area contributed by atoms with Crippen LogP contribution in [0.1, 0.15) is 31.4 Å². The first-order valence-corrected chi connectivity index (χ1v) is 6.38. The van der Waals surface area contributed by atoms with Gasteiger partial charge in [0.2, 0.25) is 0 Å². The lowest BCUT2D eigenvalue weighted by Crippen LogP contribution is -2.44. The van der Waals surface area contributed by atoms with Gasteiger partial charge in [0.1, 0.15) is 5.75 Å². The molecule has 3 heteroatoms. The molecule has 1 saturated heterocycles. The molecule has 0 amide bonds. The van der Waals surface area contributed by atoms with Crippen LogP contribution in [0.2, 0.25) is 0 Å². The summed E-state index contributed by atoms with van der Waals surface area (Å²) < 4.78 is 0. The monoisotopic (exact) mass is 234 g/mol. The number of hydrogen-bond donors (Lipinski definition) is 2. The minimum atomic E-state index is 0.290. The Hall–Kier alpha value is -1.06. The van der Waals surface area contributed by atoms with Crippen LogP contribution in [0.15, 0.2) is 24.3 Å². The first kappa shape index (κ1) is 12.4. The number of likely N-dealkylation sites (tertiary alicyclic amines) is 1. The first-order valence-electron chi connectivity index (χ1n) is 6.38. The summed E-state index contributed by atoms with van der Waals surface area (Å²) >= 11 is 0. The zero-order valence-corrected chi connectivity index (χ0v) is 10.7. The van der Waals surface area contributed by atoms with Gasteiger partial charge in [-0.1, -0.05) is 12.1 Å². The predicted octanol–water partition coefficient (Wildman–Crippen LogP) is 2.14. The van der Waals surface area contributed by atoms with Crippen LogP contribution >= 0.6 is 0 Å². The fourth-order valence-corrected chi connectivity index (χ4v) is 2.55. The van der Waals surface area contributed by atoms with Crippen LogP contribution in [-0.2, 0) is 0 Å². The fourth-order valence-electron chi connectivity index (χ4n) is 2.55. The molecule has 0 aromatic heterocycles. The molecule has 0 bridgehead atoms. The Bertz CT molecular complexity index is 367. The Morgan fingerprint density at radius 1 is 1.47 bits per heavy atom. The van der Waals surface area contributed by atoms with Gasteiger partial charge in [0, 0.05) is 18.6 Å². The summed E-state index contributed by atoms with van der Waals surface area (Å²) in [6, 6.07) is 8.36. The van der Waals surface area contributed by atoms with E-state index in [2.05, 4.69) is 30.3 Å². The second kappa shape index (κ2) is 5.52. The lowest BCUT2D eigenvalue weighted by atomic mass is 10.0. The molecule has 17 heavy (non-hydrogen) atoms. The second-order valence-corrected chi connectivity index (χ2v) is 5.08.